The standard InChI is InChI=1S/C24H41NO/c1-16(2)21-11-22(12-21)26-9-8-19(5)24(15-25)13-20(14-24)10-18(4)23-7-6-17(23)3/h16-23H,6-14H2,1-5H3. The highest BCUT2D eigenvalue weighted by Gasteiger charge is 2.49. The molecule has 0 aromatic carbocycles. The van der Waals surface area contributed by atoms with Crippen molar-refractivity contribution in [1.82, 2.24) is 0 Å². The summed E-state index contributed by atoms with van der Waals surface area (Å²) in [5.74, 6) is 5.68. The van der Waals surface area contributed by atoms with E-state index in [1.807, 2.05) is 0 Å². The predicted molar refractivity (Wildman–Crippen MR) is 108 cm³/mol. The Morgan fingerprint density at radius 2 is 1.81 bits per heavy atom. The molecule has 3 aliphatic carbocycles. The van der Waals surface area contributed by atoms with Crippen LogP contribution < -0.4 is 0 Å². The van der Waals surface area contributed by atoms with Crippen molar-refractivity contribution >= 4 is 0 Å². The molecule has 0 aliphatic heterocycles. The smallest absolute Gasteiger partial charge is 0.0692 e. The number of ether oxygens (including phenoxy) is 1. The minimum absolute atomic E-state index is 0.0565. The van der Waals surface area contributed by atoms with E-state index in [-0.39, 0.29) is 5.41 Å². The molecule has 0 bridgehead atoms. The minimum atomic E-state index is -0.0565. The summed E-state index contributed by atoms with van der Waals surface area (Å²) in [4.78, 5) is 0. The monoisotopic (exact) mass is 359 g/mol. The highest BCUT2D eigenvalue weighted by atomic mass is 16.5. The minimum Gasteiger partial charge on any atom is -0.378 e. The molecule has 3 rings (SSSR count). The second-order valence-electron chi connectivity index (χ2n) is 10.6. The van der Waals surface area contributed by atoms with E-state index >= 15 is 0 Å². The van der Waals surface area contributed by atoms with Crippen molar-refractivity contribution in [3.63, 3.8) is 0 Å². The van der Waals surface area contributed by atoms with Crippen LogP contribution in [0.25, 0.3) is 0 Å². The van der Waals surface area contributed by atoms with E-state index in [0.717, 1.165) is 61.4 Å². The first-order valence-corrected chi connectivity index (χ1v) is 11.4. The summed E-state index contributed by atoms with van der Waals surface area (Å²) in [6.07, 6.45) is 10.5. The Hall–Kier alpha value is -0.550. The molecule has 2 heteroatoms. The van der Waals surface area contributed by atoms with Crippen LogP contribution in [0.2, 0.25) is 0 Å². The topological polar surface area (TPSA) is 33.0 Å². The maximum atomic E-state index is 9.84. The molecule has 2 nitrogen and oxygen atoms in total. The lowest BCUT2D eigenvalue weighted by atomic mass is 9.54. The molecular formula is C24H41NO. The first-order valence-electron chi connectivity index (χ1n) is 11.4. The average molecular weight is 360 g/mol. The lowest BCUT2D eigenvalue weighted by Gasteiger charge is -2.49. The number of rotatable bonds is 9. The molecule has 26 heavy (non-hydrogen) atoms. The fourth-order valence-electron chi connectivity index (χ4n) is 5.95. The zero-order valence-corrected chi connectivity index (χ0v) is 17.8. The van der Waals surface area contributed by atoms with E-state index < -0.39 is 0 Å². The summed E-state index contributed by atoms with van der Waals surface area (Å²) in [5, 5.41) is 9.84. The van der Waals surface area contributed by atoms with Gasteiger partial charge in [0, 0.05) is 6.61 Å². The van der Waals surface area contributed by atoms with E-state index in [2.05, 4.69) is 40.7 Å². The van der Waals surface area contributed by atoms with Crippen LogP contribution in [0.15, 0.2) is 0 Å². The largest absolute Gasteiger partial charge is 0.378 e. The molecule has 0 heterocycles. The molecule has 0 N–H and O–H groups in total. The normalized spacial score (nSPS) is 41.5. The summed E-state index contributed by atoms with van der Waals surface area (Å²) >= 11 is 0. The van der Waals surface area contributed by atoms with Gasteiger partial charge in [-0.25, -0.2) is 0 Å². The maximum Gasteiger partial charge on any atom is 0.0692 e. The summed E-state index contributed by atoms with van der Waals surface area (Å²) in [6.45, 7) is 12.6. The summed E-state index contributed by atoms with van der Waals surface area (Å²) in [5.41, 5.74) is -0.0565. The van der Waals surface area contributed by atoms with Gasteiger partial charge in [0.2, 0.25) is 0 Å². The van der Waals surface area contributed by atoms with Crippen LogP contribution in [0.3, 0.4) is 0 Å². The molecule has 0 radical (unpaired) electrons. The number of nitrogens with zero attached hydrogens (tertiary/aromatic N) is 1. The van der Waals surface area contributed by atoms with Gasteiger partial charge in [-0.1, -0.05) is 41.0 Å². The molecule has 4 unspecified atom stereocenters. The lowest BCUT2D eigenvalue weighted by molar-refractivity contribution is -0.0567. The van der Waals surface area contributed by atoms with E-state index in [0.29, 0.717) is 12.0 Å². The third-order valence-electron chi connectivity index (χ3n) is 8.57. The third-order valence-corrected chi connectivity index (χ3v) is 8.57. The van der Waals surface area contributed by atoms with Crippen LogP contribution in [-0.2, 0) is 4.74 Å². The Labute approximate surface area is 162 Å². The van der Waals surface area contributed by atoms with Gasteiger partial charge in [0.05, 0.1) is 17.6 Å². The Morgan fingerprint density at radius 3 is 2.31 bits per heavy atom. The molecule has 0 saturated heterocycles. The van der Waals surface area contributed by atoms with Crippen LogP contribution >= 0.6 is 0 Å². The van der Waals surface area contributed by atoms with Crippen molar-refractivity contribution in [3.05, 3.63) is 0 Å². The third kappa shape index (κ3) is 4.14. The van der Waals surface area contributed by atoms with Crippen molar-refractivity contribution < 1.29 is 4.74 Å². The fourth-order valence-corrected chi connectivity index (χ4v) is 5.95. The van der Waals surface area contributed by atoms with Crippen molar-refractivity contribution in [3.8, 4) is 6.07 Å². The van der Waals surface area contributed by atoms with E-state index in [1.165, 1.54) is 32.1 Å². The highest BCUT2D eigenvalue weighted by molar-refractivity contribution is 5.10. The summed E-state index contributed by atoms with van der Waals surface area (Å²) in [6, 6.07) is 2.72. The van der Waals surface area contributed by atoms with Gasteiger partial charge in [-0.3, -0.25) is 0 Å². The first-order chi connectivity index (χ1) is 12.3. The second kappa shape index (κ2) is 8.22. The molecule has 0 amide bonds. The molecule has 0 aromatic heterocycles. The lowest BCUT2D eigenvalue weighted by Crippen LogP contribution is -2.43. The Kier molecular flexibility index (Phi) is 6.38. The van der Waals surface area contributed by atoms with Gasteiger partial charge in [0.1, 0.15) is 0 Å². The molecule has 148 valence electrons. The molecule has 3 fully saturated rings. The number of nitriles is 1. The second-order valence-corrected chi connectivity index (χ2v) is 10.6. The number of hydrogen-bond acceptors (Lipinski definition) is 2. The van der Waals surface area contributed by atoms with Gasteiger partial charge in [0.25, 0.3) is 0 Å². The van der Waals surface area contributed by atoms with Crippen LogP contribution in [0.4, 0.5) is 0 Å². The Balaban J connectivity index is 1.34. The highest BCUT2D eigenvalue weighted by Crippen LogP contribution is 2.55. The van der Waals surface area contributed by atoms with Gasteiger partial charge in [-0.05, 0) is 86.4 Å². The fraction of sp³-hybridized carbons (Fsp3) is 0.958. The van der Waals surface area contributed by atoms with Crippen molar-refractivity contribution in [2.24, 2.45) is 46.8 Å². The van der Waals surface area contributed by atoms with E-state index in [4.69, 9.17) is 4.74 Å². The van der Waals surface area contributed by atoms with Crippen molar-refractivity contribution in [2.45, 2.75) is 92.1 Å². The maximum absolute atomic E-state index is 9.84. The quantitative estimate of drug-likeness (QED) is 0.473. The first kappa shape index (κ1) is 20.2. The average Bonchev–Trinajstić information content (AvgIpc) is 2.50. The van der Waals surface area contributed by atoms with Gasteiger partial charge in [0.15, 0.2) is 0 Å². The van der Waals surface area contributed by atoms with Gasteiger partial charge in [-0.15, -0.1) is 0 Å². The Morgan fingerprint density at radius 1 is 1.12 bits per heavy atom. The van der Waals surface area contributed by atoms with Crippen molar-refractivity contribution in [1.29, 1.82) is 5.26 Å². The molecule has 0 aromatic rings. The number of hydrogen-bond donors (Lipinski definition) is 0. The summed E-state index contributed by atoms with van der Waals surface area (Å²) in [7, 11) is 0. The van der Waals surface area contributed by atoms with Crippen LogP contribution in [-0.4, -0.2) is 12.7 Å². The van der Waals surface area contributed by atoms with E-state index in [9.17, 15) is 5.26 Å². The zero-order chi connectivity index (χ0) is 18.9. The SMILES string of the molecule is CC(C)C1CC(OCCC(C)C2(C#N)CC(CC(C)C3CCC3C)C2)C1. The molecule has 4 atom stereocenters. The van der Waals surface area contributed by atoms with E-state index in [1.54, 1.807) is 0 Å². The molecular weight excluding hydrogens is 318 g/mol. The van der Waals surface area contributed by atoms with Crippen LogP contribution in [0, 0.1) is 58.2 Å². The predicted octanol–water partition coefficient (Wildman–Crippen LogP) is 6.46. The molecule has 0 spiro atoms. The summed E-state index contributed by atoms with van der Waals surface area (Å²) < 4.78 is 6.08. The zero-order valence-electron chi connectivity index (χ0n) is 17.8. The van der Waals surface area contributed by atoms with Crippen LogP contribution in [0.5, 0.6) is 0 Å². The van der Waals surface area contributed by atoms with Gasteiger partial charge in [-0.2, -0.15) is 5.26 Å². The molecule has 3 saturated carbocycles. The van der Waals surface area contributed by atoms with Crippen molar-refractivity contribution in [2.75, 3.05) is 6.61 Å². The Bertz CT molecular complexity index is 495. The molecule has 3 aliphatic rings. The van der Waals surface area contributed by atoms with Gasteiger partial charge >= 0.3 is 0 Å². The van der Waals surface area contributed by atoms with Gasteiger partial charge < -0.3 is 4.74 Å². The van der Waals surface area contributed by atoms with Crippen LogP contribution in [0.1, 0.15) is 86.0 Å².